The second-order valence-electron chi connectivity index (χ2n) is 7.02. The molecule has 0 spiro atoms. The van der Waals surface area contributed by atoms with Crippen LogP contribution in [0.15, 0.2) is 72.3 Å². The van der Waals surface area contributed by atoms with Gasteiger partial charge in [0.15, 0.2) is 9.93 Å². The molecule has 1 aliphatic rings. The van der Waals surface area contributed by atoms with Gasteiger partial charge in [0, 0.05) is 5.69 Å². The number of urea groups is 1. The fourth-order valence-corrected chi connectivity index (χ4v) is 3.97. The van der Waals surface area contributed by atoms with Crippen molar-refractivity contribution in [2.75, 3.05) is 5.32 Å². The quantitative estimate of drug-likeness (QED) is 0.372. The van der Waals surface area contributed by atoms with Gasteiger partial charge in [0.2, 0.25) is 0 Å². The number of alkyl halides is 2. The lowest BCUT2D eigenvalue weighted by Gasteiger charge is -2.37. The molecule has 3 rings (SSSR count). The van der Waals surface area contributed by atoms with Gasteiger partial charge in [0.25, 0.3) is 5.91 Å². The summed E-state index contributed by atoms with van der Waals surface area (Å²) in [5.74, 6) is -1.23. The maximum atomic E-state index is 14.0. The van der Waals surface area contributed by atoms with Crippen LogP contribution in [0.5, 0.6) is 0 Å². The molecule has 0 fully saturated rings. The van der Waals surface area contributed by atoms with E-state index in [2.05, 4.69) is 10.6 Å². The molecule has 0 radical (unpaired) electrons. The summed E-state index contributed by atoms with van der Waals surface area (Å²) in [6.07, 6.45) is 4.46. The molecule has 6 nitrogen and oxygen atoms in total. The molecule has 1 aliphatic carbocycles. The zero-order chi connectivity index (χ0) is 23.5. The number of carbonyl (C=O) groups is 2. The highest BCUT2D eigenvalue weighted by molar-refractivity contribution is 7.80. The van der Waals surface area contributed by atoms with E-state index >= 15 is 0 Å². The number of anilines is 1. The number of para-hydroxylation sites is 1. The van der Waals surface area contributed by atoms with Crippen molar-refractivity contribution in [3.05, 3.63) is 89.3 Å². The van der Waals surface area contributed by atoms with Crippen LogP contribution in [-0.4, -0.2) is 32.0 Å². The molecule has 2 unspecified atom stereocenters. The summed E-state index contributed by atoms with van der Waals surface area (Å²) in [5, 5.41) is 13.3. The Morgan fingerprint density at radius 1 is 1.12 bits per heavy atom. The van der Waals surface area contributed by atoms with Gasteiger partial charge in [-0.1, -0.05) is 60.2 Å². The second kappa shape index (κ2) is 9.38. The topological polar surface area (TPSA) is 104 Å². The van der Waals surface area contributed by atoms with Gasteiger partial charge in [0.1, 0.15) is 10.8 Å². The number of nitrogens with one attached hydrogen (secondary N) is 2. The number of aliphatic hydroxyl groups is 1. The second-order valence-corrected chi connectivity index (χ2v) is 8.60. The molecular weight excluding hydrogens is 476 g/mol. The summed E-state index contributed by atoms with van der Waals surface area (Å²) in [5.41, 5.74) is 6.74. The largest absolute Gasteiger partial charge is 0.369 e. The molecular formula is C22H18Cl2FN3O3S. The van der Waals surface area contributed by atoms with Crippen molar-refractivity contribution in [2.24, 2.45) is 5.73 Å². The molecule has 10 heteroatoms. The van der Waals surface area contributed by atoms with E-state index in [-0.39, 0.29) is 17.0 Å². The standard InChI is InChI=1S/C22H18Cl2FN3O3S/c23-21(19(32)28-20(26)30)12-13(9-10-22(21,24)31)11-14-5-1-4-8-17(14)27-18(29)15-6-2-3-7-16(15)25/h1-10,12,31H,11H2,(H,27,29)(H3,26,28,30,32). The smallest absolute Gasteiger partial charge is 0.317 e. The summed E-state index contributed by atoms with van der Waals surface area (Å²) in [6.45, 7) is 0. The first-order chi connectivity index (χ1) is 15.0. The zero-order valence-corrected chi connectivity index (χ0v) is 18.8. The summed E-state index contributed by atoms with van der Waals surface area (Å²) in [6, 6.07) is 11.6. The Kier molecular flexibility index (Phi) is 7.00. The first-order valence-electron chi connectivity index (χ1n) is 9.29. The van der Waals surface area contributed by atoms with E-state index < -0.39 is 27.7 Å². The third kappa shape index (κ3) is 4.99. The Hall–Kier alpha value is -2.78. The Bertz CT molecular complexity index is 1150. The van der Waals surface area contributed by atoms with Crippen LogP contribution in [-0.2, 0) is 6.42 Å². The number of amides is 3. The third-order valence-electron chi connectivity index (χ3n) is 4.76. The van der Waals surface area contributed by atoms with E-state index in [1.165, 1.54) is 30.4 Å². The van der Waals surface area contributed by atoms with Crippen LogP contribution in [0.3, 0.4) is 0 Å². The number of hydrogen-bond acceptors (Lipinski definition) is 4. The molecule has 0 bridgehead atoms. The molecule has 0 saturated heterocycles. The van der Waals surface area contributed by atoms with Gasteiger partial charge < -0.3 is 21.5 Å². The molecule has 0 aliphatic heterocycles. The lowest BCUT2D eigenvalue weighted by atomic mass is 9.88. The average molecular weight is 494 g/mol. The van der Waals surface area contributed by atoms with Crippen molar-refractivity contribution in [2.45, 2.75) is 16.4 Å². The van der Waals surface area contributed by atoms with E-state index in [4.69, 9.17) is 41.2 Å². The van der Waals surface area contributed by atoms with Crippen LogP contribution in [0, 0.1) is 5.82 Å². The van der Waals surface area contributed by atoms with Gasteiger partial charge in [0.05, 0.1) is 5.56 Å². The van der Waals surface area contributed by atoms with Gasteiger partial charge in [-0.05, 0) is 47.9 Å². The number of nitrogens with two attached hydrogens (primary N) is 1. The molecule has 2 aromatic rings. The molecule has 2 aromatic carbocycles. The van der Waals surface area contributed by atoms with Crippen molar-refractivity contribution in [1.29, 1.82) is 0 Å². The van der Waals surface area contributed by atoms with Crippen LogP contribution in [0.25, 0.3) is 0 Å². The Morgan fingerprint density at radius 3 is 2.47 bits per heavy atom. The molecule has 0 aromatic heterocycles. The SMILES string of the molecule is NC(=O)NC(=S)C1(Cl)C=C(Cc2ccccc2NC(=O)c2ccccc2F)C=CC1(O)Cl. The number of carbonyl (C=O) groups excluding carboxylic acids is 2. The van der Waals surface area contributed by atoms with Gasteiger partial charge in [-0.3, -0.25) is 4.79 Å². The normalized spacial score (nSPS) is 22.1. The molecule has 2 atom stereocenters. The summed E-state index contributed by atoms with van der Waals surface area (Å²) < 4.78 is 14.0. The predicted molar refractivity (Wildman–Crippen MR) is 126 cm³/mol. The maximum absolute atomic E-state index is 14.0. The van der Waals surface area contributed by atoms with Crippen LogP contribution < -0.4 is 16.4 Å². The first-order valence-corrected chi connectivity index (χ1v) is 10.5. The van der Waals surface area contributed by atoms with Crippen LogP contribution in [0.4, 0.5) is 14.9 Å². The van der Waals surface area contributed by atoms with E-state index in [9.17, 15) is 19.1 Å². The van der Waals surface area contributed by atoms with Crippen molar-refractivity contribution >= 4 is 58.0 Å². The van der Waals surface area contributed by atoms with Crippen LogP contribution in [0.2, 0.25) is 0 Å². The fraction of sp³-hybridized carbons (Fsp3) is 0.136. The Labute approximate surface area is 198 Å². The minimum Gasteiger partial charge on any atom is -0.369 e. The van der Waals surface area contributed by atoms with Crippen molar-refractivity contribution in [1.82, 2.24) is 5.32 Å². The minimum atomic E-state index is -2.11. The third-order valence-corrected chi connectivity index (χ3v) is 6.40. The van der Waals surface area contributed by atoms with Gasteiger partial charge in [-0.2, -0.15) is 0 Å². The van der Waals surface area contributed by atoms with Crippen molar-refractivity contribution < 1.29 is 19.1 Å². The monoisotopic (exact) mass is 493 g/mol. The Balaban J connectivity index is 1.88. The zero-order valence-electron chi connectivity index (χ0n) is 16.4. The Morgan fingerprint density at radius 2 is 1.78 bits per heavy atom. The van der Waals surface area contributed by atoms with E-state index in [1.807, 2.05) is 0 Å². The highest BCUT2D eigenvalue weighted by Gasteiger charge is 2.50. The van der Waals surface area contributed by atoms with E-state index in [0.29, 0.717) is 16.8 Å². The number of rotatable bonds is 5. The first kappa shape index (κ1) is 23.9. The molecule has 0 saturated carbocycles. The number of primary amides is 1. The van der Waals surface area contributed by atoms with E-state index in [1.54, 1.807) is 36.4 Å². The molecule has 3 amide bonds. The number of benzene rings is 2. The average Bonchev–Trinajstić information content (AvgIpc) is 2.72. The van der Waals surface area contributed by atoms with Crippen molar-refractivity contribution in [3.63, 3.8) is 0 Å². The summed E-state index contributed by atoms with van der Waals surface area (Å²) in [4.78, 5) is 21.6. The predicted octanol–water partition coefficient (Wildman–Crippen LogP) is 4.02. The van der Waals surface area contributed by atoms with Crippen LogP contribution >= 0.6 is 35.4 Å². The minimum absolute atomic E-state index is 0.0889. The van der Waals surface area contributed by atoms with Gasteiger partial charge in [-0.25, -0.2) is 9.18 Å². The molecule has 32 heavy (non-hydrogen) atoms. The molecule has 5 N–H and O–H groups in total. The summed E-state index contributed by atoms with van der Waals surface area (Å²) in [7, 11) is 0. The van der Waals surface area contributed by atoms with E-state index in [0.717, 1.165) is 0 Å². The molecule has 166 valence electrons. The van der Waals surface area contributed by atoms with Gasteiger partial charge in [-0.15, -0.1) is 11.6 Å². The number of hydrogen-bond donors (Lipinski definition) is 4. The highest BCUT2D eigenvalue weighted by atomic mass is 35.5. The number of halogens is 3. The lowest BCUT2D eigenvalue weighted by molar-refractivity contribution is 0.102. The fourth-order valence-electron chi connectivity index (χ4n) is 3.13. The van der Waals surface area contributed by atoms with Crippen molar-refractivity contribution in [3.8, 4) is 0 Å². The van der Waals surface area contributed by atoms with Crippen LogP contribution in [0.1, 0.15) is 15.9 Å². The number of thiocarbonyl (C=S) groups is 1. The number of allylic oxidation sites excluding steroid dienone is 2. The maximum Gasteiger partial charge on any atom is 0.317 e. The lowest BCUT2D eigenvalue weighted by Crippen LogP contribution is -2.56. The molecule has 0 heterocycles. The highest BCUT2D eigenvalue weighted by Crippen LogP contribution is 2.41. The van der Waals surface area contributed by atoms with Gasteiger partial charge >= 0.3 is 6.03 Å². The summed E-state index contributed by atoms with van der Waals surface area (Å²) >= 11 is 17.8.